The lowest BCUT2D eigenvalue weighted by molar-refractivity contribution is -0.117. The Bertz CT molecular complexity index is 469. The first-order valence-electron chi connectivity index (χ1n) is 5.65. The Labute approximate surface area is 109 Å². The number of carbonyl (C=O) groups excluding carboxylic acids is 2. The van der Waals surface area contributed by atoms with Crippen molar-refractivity contribution in [2.75, 3.05) is 5.75 Å². The van der Waals surface area contributed by atoms with Crippen LogP contribution in [0.15, 0.2) is 5.16 Å². The van der Waals surface area contributed by atoms with Crippen molar-refractivity contribution in [2.45, 2.75) is 31.0 Å². The molecule has 2 N–H and O–H groups in total. The molecule has 8 heteroatoms. The number of rotatable bonds is 4. The molecule has 0 unspecified atom stereocenters. The number of hydrogen-bond acceptors (Lipinski definition) is 5. The van der Waals surface area contributed by atoms with E-state index in [4.69, 9.17) is 0 Å². The minimum absolute atomic E-state index is 0.143. The first kappa shape index (κ1) is 12.9. The van der Waals surface area contributed by atoms with Crippen molar-refractivity contribution in [2.24, 2.45) is 7.05 Å². The van der Waals surface area contributed by atoms with Crippen molar-refractivity contribution in [3.63, 3.8) is 0 Å². The van der Waals surface area contributed by atoms with Crippen molar-refractivity contribution in [1.29, 1.82) is 0 Å². The number of aryl methyl sites for hydroxylation is 1. The Balaban J connectivity index is 1.74. The summed E-state index contributed by atoms with van der Waals surface area (Å²) >= 11 is 1.25. The fourth-order valence-electron chi connectivity index (χ4n) is 1.26. The summed E-state index contributed by atoms with van der Waals surface area (Å²) in [5.41, 5.74) is 0. The number of thioether (sulfide) groups is 1. The lowest BCUT2D eigenvalue weighted by atomic mass is 10.6. The topological polar surface area (TPSA) is 88.9 Å². The molecule has 2 rings (SSSR count). The van der Waals surface area contributed by atoms with E-state index >= 15 is 0 Å². The van der Waals surface area contributed by atoms with Gasteiger partial charge in [0.05, 0.1) is 5.75 Å². The quantitative estimate of drug-likeness (QED) is 0.762. The van der Waals surface area contributed by atoms with Gasteiger partial charge in [-0.05, 0) is 19.8 Å². The molecule has 0 aliphatic heterocycles. The highest BCUT2D eigenvalue weighted by molar-refractivity contribution is 7.99. The number of nitrogens with one attached hydrogen (secondary N) is 2. The van der Waals surface area contributed by atoms with E-state index in [9.17, 15) is 9.59 Å². The van der Waals surface area contributed by atoms with Crippen molar-refractivity contribution >= 4 is 23.7 Å². The van der Waals surface area contributed by atoms with Crippen molar-refractivity contribution in [3.05, 3.63) is 5.82 Å². The Morgan fingerprint density at radius 2 is 2.17 bits per heavy atom. The zero-order valence-electron chi connectivity index (χ0n) is 10.3. The standard InChI is InChI=1S/C10H15N5O2S/c1-6-13-14-10(15(6)2)18-5-8(16)12-9(17)11-7-3-4-7/h7H,3-5H2,1-2H3,(H2,11,12,16,17). The number of carbonyl (C=O) groups is 2. The number of hydrogen-bond donors (Lipinski definition) is 2. The highest BCUT2D eigenvalue weighted by Gasteiger charge is 2.23. The van der Waals surface area contributed by atoms with Gasteiger partial charge in [-0.25, -0.2) is 4.79 Å². The average Bonchev–Trinajstić information content (AvgIpc) is 3.05. The molecule has 1 heterocycles. The van der Waals surface area contributed by atoms with E-state index in [-0.39, 0.29) is 17.7 Å². The molecule has 3 amide bonds. The molecule has 0 radical (unpaired) electrons. The third-order valence-electron chi connectivity index (χ3n) is 2.55. The number of urea groups is 1. The molecule has 0 saturated heterocycles. The summed E-state index contributed by atoms with van der Waals surface area (Å²) in [5, 5.41) is 13.4. The van der Waals surface area contributed by atoms with Crippen LogP contribution in [0.5, 0.6) is 0 Å². The molecule has 0 bridgehead atoms. The lowest BCUT2D eigenvalue weighted by Gasteiger charge is -2.05. The molecule has 18 heavy (non-hydrogen) atoms. The van der Waals surface area contributed by atoms with Gasteiger partial charge in [-0.2, -0.15) is 0 Å². The van der Waals surface area contributed by atoms with Crippen LogP contribution >= 0.6 is 11.8 Å². The Kier molecular flexibility index (Phi) is 3.85. The van der Waals surface area contributed by atoms with E-state index in [1.165, 1.54) is 11.8 Å². The molecule has 1 fully saturated rings. The van der Waals surface area contributed by atoms with E-state index in [0.717, 1.165) is 18.7 Å². The molecule has 1 aromatic heterocycles. The van der Waals surface area contributed by atoms with Crippen molar-refractivity contribution < 1.29 is 9.59 Å². The van der Waals surface area contributed by atoms with Gasteiger partial charge in [0.25, 0.3) is 0 Å². The minimum atomic E-state index is -0.419. The van der Waals surface area contributed by atoms with Crippen LogP contribution in [0.4, 0.5) is 4.79 Å². The molecule has 1 aliphatic rings. The summed E-state index contributed by atoms with van der Waals surface area (Å²) in [6, 6.07) is -0.177. The van der Waals surface area contributed by atoms with Crippen LogP contribution < -0.4 is 10.6 Å². The van der Waals surface area contributed by atoms with Crippen molar-refractivity contribution in [1.82, 2.24) is 25.4 Å². The van der Waals surface area contributed by atoms with Crippen LogP contribution in [-0.2, 0) is 11.8 Å². The number of amides is 3. The summed E-state index contributed by atoms with van der Waals surface area (Å²) in [7, 11) is 1.83. The van der Waals surface area contributed by atoms with Crippen molar-refractivity contribution in [3.8, 4) is 0 Å². The number of imide groups is 1. The van der Waals surface area contributed by atoms with Gasteiger partial charge in [-0.3, -0.25) is 10.1 Å². The number of nitrogens with zero attached hydrogens (tertiary/aromatic N) is 3. The summed E-state index contributed by atoms with van der Waals surface area (Å²) in [6.45, 7) is 1.83. The van der Waals surface area contributed by atoms with Crippen LogP contribution in [0.2, 0.25) is 0 Å². The maximum absolute atomic E-state index is 11.5. The normalized spacial score (nSPS) is 14.3. The molecule has 1 aliphatic carbocycles. The van der Waals surface area contributed by atoms with Crippen LogP contribution in [0.1, 0.15) is 18.7 Å². The molecular weight excluding hydrogens is 254 g/mol. The molecule has 0 atom stereocenters. The predicted octanol–water partition coefficient (Wildman–Crippen LogP) is 0.204. The first-order valence-corrected chi connectivity index (χ1v) is 6.64. The highest BCUT2D eigenvalue weighted by Crippen LogP contribution is 2.18. The van der Waals surface area contributed by atoms with E-state index in [1.807, 2.05) is 14.0 Å². The fraction of sp³-hybridized carbons (Fsp3) is 0.600. The van der Waals surface area contributed by atoms with Gasteiger partial charge in [0, 0.05) is 13.1 Å². The lowest BCUT2D eigenvalue weighted by Crippen LogP contribution is -2.41. The first-order chi connectivity index (χ1) is 8.56. The molecule has 98 valence electrons. The monoisotopic (exact) mass is 269 g/mol. The van der Waals surface area contributed by atoms with Crippen LogP contribution in [-0.4, -0.2) is 38.5 Å². The summed E-state index contributed by atoms with van der Waals surface area (Å²) < 4.78 is 1.79. The molecular formula is C10H15N5O2S. The molecule has 1 aromatic rings. The second-order valence-electron chi connectivity index (χ2n) is 4.17. The summed E-state index contributed by atoms with van der Waals surface area (Å²) in [6.07, 6.45) is 1.99. The molecule has 1 saturated carbocycles. The third kappa shape index (κ3) is 3.46. The second-order valence-corrected chi connectivity index (χ2v) is 5.12. The Hall–Kier alpha value is -1.57. The van der Waals surface area contributed by atoms with Crippen LogP contribution in [0.25, 0.3) is 0 Å². The minimum Gasteiger partial charge on any atom is -0.335 e. The highest BCUT2D eigenvalue weighted by atomic mass is 32.2. The predicted molar refractivity (Wildman–Crippen MR) is 66.2 cm³/mol. The average molecular weight is 269 g/mol. The maximum Gasteiger partial charge on any atom is 0.321 e. The van der Waals surface area contributed by atoms with E-state index in [2.05, 4.69) is 20.8 Å². The zero-order valence-corrected chi connectivity index (χ0v) is 11.1. The fourth-order valence-corrected chi connectivity index (χ4v) is 2.01. The van der Waals surface area contributed by atoms with E-state index in [0.29, 0.717) is 5.16 Å². The SMILES string of the molecule is Cc1nnc(SCC(=O)NC(=O)NC2CC2)n1C. The van der Waals surface area contributed by atoms with Crippen LogP contribution in [0, 0.1) is 6.92 Å². The summed E-state index contributed by atoms with van der Waals surface area (Å²) in [4.78, 5) is 22.8. The van der Waals surface area contributed by atoms with Gasteiger partial charge in [-0.1, -0.05) is 11.8 Å². The molecule has 7 nitrogen and oxygen atoms in total. The van der Waals surface area contributed by atoms with E-state index < -0.39 is 6.03 Å². The van der Waals surface area contributed by atoms with Gasteiger partial charge in [0.1, 0.15) is 5.82 Å². The zero-order chi connectivity index (χ0) is 13.1. The molecule has 0 aromatic carbocycles. The third-order valence-corrected chi connectivity index (χ3v) is 3.57. The van der Waals surface area contributed by atoms with Gasteiger partial charge in [0.2, 0.25) is 5.91 Å². The largest absolute Gasteiger partial charge is 0.335 e. The van der Waals surface area contributed by atoms with Gasteiger partial charge in [-0.15, -0.1) is 10.2 Å². The molecule has 0 spiro atoms. The van der Waals surface area contributed by atoms with Gasteiger partial charge < -0.3 is 9.88 Å². The van der Waals surface area contributed by atoms with Gasteiger partial charge in [0.15, 0.2) is 5.16 Å². The van der Waals surface area contributed by atoms with Gasteiger partial charge >= 0.3 is 6.03 Å². The van der Waals surface area contributed by atoms with Crippen LogP contribution in [0.3, 0.4) is 0 Å². The smallest absolute Gasteiger partial charge is 0.321 e. The summed E-state index contributed by atoms with van der Waals surface area (Å²) in [5.74, 6) is 0.590. The van der Waals surface area contributed by atoms with E-state index in [1.54, 1.807) is 4.57 Å². The number of aromatic nitrogens is 3. The Morgan fingerprint density at radius 1 is 1.44 bits per heavy atom. The maximum atomic E-state index is 11.5. The Morgan fingerprint density at radius 3 is 2.72 bits per heavy atom. The second kappa shape index (κ2) is 5.38.